The summed E-state index contributed by atoms with van der Waals surface area (Å²) in [6.07, 6.45) is -0.135. The van der Waals surface area contributed by atoms with E-state index in [1.54, 1.807) is 38.1 Å². The van der Waals surface area contributed by atoms with Crippen LogP contribution in [0.2, 0.25) is 0 Å². The van der Waals surface area contributed by atoms with Gasteiger partial charge in [0.2, 0.25) is 5.78 Å². The van der Waals surface area contributed by atoms with Crippen LogP contribution in [0.15, 0.2) is 24.3 Å². The Bertz CT molecular complexity index is 866. The van der Waals surface area contributed by atoms with Crippen molar-refractivity contribution in [1.82, 2.24) is 4.98 Å². The molecule has 0 aliphatic heterocycles. The van der Waals surface area contributed by atoms with Gasteiger partial charge in [0.1, 0.15) is 5.75 Å². The molecule has 0 saturated heterocycles. The summed E-state index contributed by atoms with van der Waals surface area (Å²) in [5, 5.41) is 0. The first-order valence-electron chi connectivity index (χ1n) is 9.05. The second-order valence-corrected chi connectivity index (χ2v) is 6.40. The Kier molecular flexibility index (Phi) is 6.98. The molecular formula is C21H25NO6. The van der Waals surface area contributed by atoms with E-state index in [1.165, 1.54) is 14.0 Å². The summed E-state index contributed by atoms with van der Waals surface area (Å²) in [5.74, 6) is -0.903. The summed E-state index contributed by atoms with van der Waals surface area (Å²) >= 11 is 0. The number of ether oxygens (including phenoxy) is 3. The van der Waals surface area contributed by atoms with Gasteiger partial charge in [-0.3, -0.25) is 4.79 Å². The molecular weight excluding hydrogens is 362 g/mol. The van der Waals surface area contributed by atoms with Crippen LogP contribution >= 0.6 is 0 Å². The molecule has 0 unspecified atom stereocenters. The van der Waals surface area contributed by atoms with Gasteiger partial charge in [-0.2, -0.15) is 0 Å². The van der Waals surface area contributed by atoms with Crippen molar-refractivity contribution in [1.29, 1.82) is 0 Å². The van der Waals surface area contributed by atoms with Crippen LogP contribution in [-0.2, 0) is 9.47 Å². The predicted molar refractivity (Wildman–Crippen MR) is 103 cm³/mol. The maximum absolute atomic E-state index is 12.7. The Morgan fingerprint density at radius 1 is 1.07 bits per heavy atom. The lowest BCUT2D eigenvalue weighted by molar-refractivity contribution is 0.0316. The molecule has 7 heteroatoms. The van der Waals surface area contributed by atoms with E-state index >= 15 is 0 Å². The van der Waals surface area contributed by atoms with E-state index in [0.29, 0.717) is 34.7 Å². The lowest BCUT2D eigenvalue weighted by atomic mass is 10.1. The number of Topliss-reactive ketones (excluding diaryl/α,β-unsaturated/α-hetero) is 1. The molecule has 2 aromatic rings. The number of aromatic nitrogens is 1. The average Bonchev–Trinajstić information content (AvgIpc) is 2.99. The van der Waals surface area contributed by atoms with Crippen molar-refractivity contribution in [3.8, 4) is 5.75 Å². The summed E-state index contributed by atoms with van der Waals surface area (Å²) in [5.41, 5.74) is 1.84. The first-order chi connectivity index (χ1) is 13.3. The van der Waals surface area contributed by atoms with Crippen LogP contribution in [0.25, 0.3) is 0 Å². The van der Waals surface area contributed by atoms with Gasteiger partial charge in [0.15, 0.2) is 6.10 Å². The third-order valence-corrected chi connectivity index (χ3v) is 4.29. The number of rotatable bonds is 8. The van der Waals surface area contributed by atoms with Crippen molar-refractivity contribution in [2.24, 2.45) is 0 Å². The SMILES string of the molecule is CCCOc1ccc(C(=O)O[C@H](C)C(=O)c2[nH]c(C)c(C(=O)OC)c2C)cc1. The van der Waals surface area contributed by atoms with Crippen LogP contribution in [0.1, 0.15) is 62.7 Å². The highest BCUT2D eigenvalue weighted by Gasteiger charge is 2.27. The van der Waals surface area contributed by atoms with Gasteiger partial charge in [0.25, 0.3) is 0 Å². The topological polar surface area (TPSA) is 94.7 Å². The lowest BCUT2D eigenvalue weighted by Gasteiger charge is -2.12. The highest BCUT2D eigenvalue weighted by atomic mass is 16.5. The molecule has 0 saturated carbocycles. The number of methoxy groups -OCH3 is 1. The van der Waals surface area contributed by atoms with Gasteiger partial charge >= 0.3 is 11.9 Å². The molecule has 0 aliphatic rings. The second kappa shape index (κ2) is 9.21. The minimum Gasteiger partial charge on any atom is -0.494 e. The number of aryl methyl sites for hydroxylation is 1. The molecule has 7 nitrogen and oxygen atoms in total. The third kappa shape index (κ3) is 4.60. The van der Waals surface area contributed by atoms with E-state index in [9.17, 15) is 14.4 Å². The summed E-state index contributed by atoms with van der Waals surface area (Å²) in [6.45, 7) is 7.41. The van der Waals surface area contributed by atoms with E-state index in [4.69, 9.17) is 14.2 Å². The van der Waals surface area contributed by atoms with Crippen molar-refractivity contribution in [3.63, 3.8) is 0 Å². The van der Waals surface area contributed by atoms with Crippen molar-refractivity contribution >= 4 is 17.7 Å². The number of aromatic amines is 1. The minimum atomic E-state index is -1.02. The first-order valence-corrected chi connectivity index (χ1v) is 9.05. The van der Waals surface area contributed by atoms with Gasteiger partial charge in [-0.25, -0.2) is 9.59 Å². The van der Waals surface area contributed by atoms with Crippen LogP contribution in [0.4, 0.5) is 0 Å². The molecule has 2 rings (SSSR count). The van der Waals surface area contributed by atoms with Crippen LogP contribution in [0.5, 0.6) is 5.75 Å². The minimum absolute atomic E-state index is 0.224. The molecule has 1 heterocycles. The van der Waals surface area contributed by atoms with E-state index in [-0.39, 0.29) is 5.69 Å². The predicted octanol–water partition coefficient (Wildman–Crippen LogP) is 3.64. The number of benzene rings is 1. The quantitative estimate of drug-likeness (QED) is 0.549. The van der Waals surface area contributed by atoms with E-state index in [0.717, 1.165) is 6.42 Å². The molecule has 28 heavy (non-hydrogen) atoms. The summed E-state index contributed by atoms with van der Waals surface area (Å²) in [6, 6.07) is 6.54. The number of nitrogens with one attached hydrogen (secondary N) is 1. The summed E-state index contributed by atoms with van der Waals surface area (Å²) in [4.78, 5) is 39.8. The van der Waals surface area contributed by atoms with Gasteiger partial charge in [-0.05, 0) is 57.0 Å². The molecule has 0 radical (unpaired) electrons. The molecule has 0 aliphatic carbocycles. The monoisotopic (exact) mass is 387 g/mol. The Morgan fingerprint density at radius 3 is 2.29 bits per heavy atom. The molecule has 0 fully saturated rings. The van der Waals surface area contributed by atoms with Crippen molar-refractivity contribution in [2.75, 3.05) is 13.7 Å². The largest absolute Gasteiger partial charge is 0.494 e. The Hall–Kier alpha value is -3.09. The highest BCUT2D eigenvalue weighted by molar-refractivity contribution is 6.04. The molecule has 1 N–H and O–H groups in total. The maximum atomic E-state index is 12.7. The average molecular weight is 387 g/mol. The Labute approximate surface area is 164 Å². The van der Waals surface area contributed by atoms with E-state index < -0.39 is 23.8 Å². The number of carbonyl (C=O) groups excluding carboxylic acids is 3. The van der Waals surface area contributed by atoms with Crippen molar-refractivity contribution in [2.45, 2.75) is 40.2 Å². The van der Waals surface area contributed by atoms with E-state index in [1.807, 2.05) is 6.92 Å². The standard InChI is InChI=1S/C21H25NO6/c1-6-11-27-16-9-7-15(8-10-16)20(24)28-14(4)19(23)18-12(2)17(13(3)22-18)21(25)26-5/h7-10,14,22H,6,11H2,1-5H3/t14-/m1/s1. The molecule has 0 bridgehead atoms. The van der Waals surface area contributed by atoms with Gasteiger partial charge < -0.3 is 19.2 Å². The first kappa shape index (κ1) is 21.2. The van der Waals surface area contributed by atoms with Gasteiger partial charge in [0.05, 0.1) is 30.5 Å². The lowest BCUT2D eigenvalue weighted by Crippen LogP contribution is -2.25. The number of carbonyl (C=O) groups is 3. The zero-order valence-corrected chi connectivity index (χ0v) is 16.8. The second-order valence-electron chi connectivity index (χ2n) is 6.40. The fraction of sp³-hybridized carbons (Fsp3) is 0.381. The number of hydrogen-bond donors (Lipinski definition) is 1. The number of H-pyrrole nitrogens is 1. The Morgan fingerprint density at radius 2 is 1.71 bits per heavy atom. The molecule has 1 aromatic heterocycles. The zero-order chi connectivity index (χ0) is 20.8. The van der Waals surface area contributed by atoms with Crippen LogP contribution < -0.4 is 4.74 Å². The fourth-order valence-electron chi connectivity index (χ4n) is 2.80. The van der Waals surface area contributed by atoms with Crippen molar-refractivity contribution < 1.29 is 28.6 Å². The molecule has 1 aromatic carbocycles. The third-order valence-electron chi connectivity index (χ3n) is 4.29. The van der Waals surface area contributed by atoms with Crippen molar-refractivity contribution in [3.05, 3.63) is 52.3 Å². The van der Waals surface area contributed by atoms with Crippen LogP contribution in [0.3, 0.4) is 0 Å². The van der Waals surface area contributed by atoms with E-state index in [2.05, 4.69) is 4.98 Å². The van der Waals surface area contributed by atoms with Gasteiger partial charge in [0, 0.05) is 5.69 Å². The molecule has 1 atom stereocenters. The summed E-state index contributed by atoms with van der Waals surface area (Å²) < 4.78 is 15.5. The zero-order valence-electron chi connectivity index (χ0n) is 16.8. The molecule has 0 amide bonds. The molecule has 0 spiro atoms. The number of esters is 2. The number of ketones is 1. The van der Waals surface area contributed by atoms with Gasteiger partial charge in [-0.1, -0.05) is 6.92 Å². The summed E-state index contributed by atoms with van der Waals surface area (Å²) in [7, 11) is 1.28. The van der Waals surface area contributed by atoms with Crippen LogP contribution in [-0.4, -0.2) is 42.5 Å². The van der Waals surface area contributed by atoms with Crippen LogP contribution in [0, 0.1) is 13.8 Å². The fourth-order valence-corrected chi connectivity index (χ4v) is 2.80. The number of hydrogen-bond acceptors (Lipinski definition) is 6. The maximum Gasteiger partial charge on any atom is 0.339 e. The smallest absolute Gasteiger partial charge is 0.339 e. The molecule has 150 valence electrons. The Balaban J connectivity index is 2.10. The van der Waals surface area contributed by atoms with Gasteiger partial charge in [-0.15, -0.1) is 0 Å². The highest BCUT2D eigenvalue weighted by Crippen LogP contribution is 2.21. The normalized spacial score (nSPS) is 11.6.